The fourth-order valence-electron chi connectivity index (χ4n) is 3.18. The average Bonchev–Trinajstić information content (AvgIpc) is 2.72. The minimum Gasteiger partial charge on any atom is -0.508 e. The molecule has 0 spiro atoms. The molecule has 0 saturated heterocycles. The van der Waals surface area contributed by atoms with E-state index >= 15 is 0 Å². The number of phenols is 1. The largest absolute Gasteiger partial charge is 0.508 e. The zero-order valence-corrected chi connectivity index (χ0v) is 17.6. The Balaban J connectivity index is 1.99. The summed E-state index contributed by atoms with van der Waals surface area (Å²) in [7, 11) is -3.94. The Morgan fingerprint density at radius 2 is 1.50 bits per heavy atom. The van der Waals surface area contributed by atoms with Gasteiger partial charge in [0.1, 0.15) is 5.75 Å². The van der Waals surface area contributed by atoms with Gasteiger partial charge in [0.15, 0.2) is 0 Å². The van der Waals surface area contributed by atoms with Crippen LogP contribution < -0.4 is 4.31 Å². The van der Waals surface area contributed by atoms with E-state index in [4.69, 9.17) is 0 Å². The summed E-state index contributed by atoms with van der Waals surface area (Å²) < 4.78 is 27.9. The van der Waals surface area contributed by atoms with Crippen LogP contribution >= 0.6 is 0 Å². The second-order valence-electron chi connectivity index (χ2n) is 6.95. The predicted octanol–water partition coefficient (Wildman–Crippen LogP) is 4.67. The Kier molecular flexibility index (Phi) is 6.12. The Labute approximate surface area is 176 Å². The highest BCUT2D eigenvalue weighted by Crippen LogP contribution is 2.29. The lowest BCUT2D eigenvalue weighted by Gasteiger charge is -2.24. The van der Waals surface area contributed by atoms with Crippen LogP contribution in [0, 0.1) is 6.92 Å². The van der Waals surface area contributed by atoms with E-state index < -0.39 is 16.0 Å². The van der Waals surface area contributed by atoms with Crippen molar-refractivity contribution in [2.75, 3.05) is 10.8 Å². The standard InChI is InChI=1S/C23H23NO5S/c1-3-14-24(30(28,29)21-13-4-16(2)22(15-21)23(26)27)19-9-5-17(6-10-19)18-7-11-20(25)12-8-18/h4-13,15,25H,3,14H2,1-2H3,(H,26,27). The van der Waals surface area contributed by atoms with Crippen LogP contribution in [-0.4, -0.2) is 31.1 Å². The molecule has 0 fully saturated rings. The molecule has 7 heteroatoms. The second kappa shape index (κ2) is 8.59. The first-order chi connectivity index (χ1) is 14.2. The van der Waals surface area contributed by atoms with Crippen molar-refractivity contribution < 1.29 is 23.4 Å². The number of rotatable bonds is 7. The molecule has 156 valence electrons. The molecule has 0 radical (unpaired) electrons. The molecule has 3 aromatic rings. The van der Waals surface area contributed by atoms with Crippen LogP contribution in [0.15, 0.2) is 71.6 Å². The number of anilines is 1. The number of aryl methyl sites for hydroxylation is 1. The van der Waals surface area contributed by atoms with Gasteiger partial charge in [0.2, 0.25) is 0 Å². The van der Waals surface area contributed by atoms with Crippen LogP contribution in [0.1, 0.15) is 29.3 Å². The molecule has 0 aliphatic carbocycles. The van der Waals surface area contributed by atoms with Gasteiger partial charge >= 0.3 is 5.97 Å². The molecule has 30 heavy (non-hydrogen) atoms. The molecule has 0 amide bonds. The van der Waals surface area contributed by atoms with Crippen LogP contribution in [0.5, 0.6) is 5.75 Å². The number of nitrogens with zero attached hydrogens (tertiary/aromatic N) is 1. The maximum atomic E-state index is 13.3. The predicted molar refractivity (Wildman–Crippen MR) is 117 cm³/mol. The number of phenolic OH excluding ortho intramolecular Hbond substituents is 1. The van der Waals surface area contributed by atoms with Crippen LogP contribution in [0.25, 0.3) is 11.1 Å². The topological polar surface area (TPSA) is 94.9 Å². The number of benzene rings is 3. The third-order valence-corrected chi connectivity index (χ3v) is 6.63. The van der Waals surface area contributed by atoms with Crippen LogP contribution in [0.2, 0.25) is 0 Å². The molecule has 0 heterocycles. The SMILES string of the molecule is CCCN(c1ccc(-c2ccc(O)cc2)cc1)S(=O)(=O)c1ccc(C)c(C(=O)O)c1. The Hall–Kier alpha value is -3.32. The summed E-state index contributed by atoms with van der Waals surface area (Å²) in [6.45, 7) is 3.77. The lowest BCUT2D eigenvalue weighted by Crippen LogP contribution is -2.32. The van der Waals surface area contributed by atoms with Crippen molar-refractivity contribution in [3.05, 3.63) is 77.9 Å². The summed E-state index contributed by atoms with van der Waals surface area (Å²) in [5.41, 5.74) is 2.75. The van der Waals surface area contributed by atoms with E-state index in [0.29, 0.717) is 17.7 Å². The Morgan fingerprint density at radius 3 is 2.03 bits per heavy atom. The van der Waals surface area contributed by atoms with E-state index in [1.165, 1.54) is 22.5 Å². The highest BCUT2D eigenvalue weighted by Gasteiger charge is 2.26. The van der Waals surface area contributed by atoms with Crippen molar-refractivity contribution in [3.8, 4) is 16.9 Å². The highest BCUT2D eigenvalue weighted by molar-refractivity contribution is 7.92. The number of carbonyl (C=O) groups is 1. The molecule has 2 N–H and O–H groups in total. The third-order valence-electron chi connectivity index (χ3n) is 4.81. The number of aromatic hydroxyl groups is 1. The van der Waals surface area contributed by atoms with E-state index in [2.05, 4.69) is 0 Å². The van der Waals surface area contributed by atoms with Crippen molar-refractivity contribution in [2.45, 2.75) is 25.2 Å². The minimum atomic E-state index is -3.94. The molecule has 0 unspecified atom stereocenters. The van der Waals surface area contributed by atoms with E-state index in [0.717, 1.165) is 11.1 Å². The van der Waals surface area contributed by atoms with Gasteiger partial charge in [0, 0.05) is 6.54 Å². The normalized spacial score (nSPS) is 11.3. The number of carboxylic acids is 1. The first-order valence-corrected chi connectivity index (χ1v) is 10.9. The van der Waals surface area contributed by atoms with Gasteiger partial charge in [-0.2, -0.15) is 0 Å². The number of carboxylic acid groups (broad SMARTS) is 1. The lowest BCUT2D eigenvalue weighted by atomic mass is 10.1. The van der Waals surface area contributed by atoms with Gasteiger partial charge in [-0.3, -0.25) is 4.31 Å². The number of hydrogen-bond donors (Lipinski definition) is 2. The van der Waals surface area contributed by atoms with Gasteiger partial charge in [-0.15, -0.1) is 0 Å². The van der Waals surface area contributed by atoms with E-state index in [-0.39, 0.29) is 22.8 Å². The quantitative estimate of drug-likeness (QED) is 0.574. The molecular weight excluding hydrogens is 402 g/mol. The van der Waals surface area contributed by atoms with Crippen molar-refractivity contribution in [1.29, 1.82) is 0 Å². The fourth-order valence-corrected chi connectivity index (χ4v) is 4.77. The lowest BCUT2D eigenvalue weighted by molar-refractivity contribution is 0.0696. The van der Waals surface area contributed by atoms with E-state index in [1.54, 1.807) is 43.3 Å². The Bertz CT molecular complexity index is 1150. The first kappa shape index (κ1) is 21.4. The summed E-state index contributed by atoms with van der Waals surface area (Å²) in [6, 6.07) is 18.0. The molecule has 0 aliphatic heterocycles. The minimum absolute atomic E-state index is 0.0322. The number of aromatic carboxylic acids is 1. The van der Waals surface area contributed by atoms with Gasteiger partial charge in [-0.05, 0) is 66.4 Å². The second-order valence-corrected chi connectivity index (χ2v) is 8.82. The van der Waals surface area contributed by atoms with Crippen LogP contribution in [0.4, 0.5) is 5.69 Å². The van der Waals surface area contributed by atoms with Gasteiger partial charge in [0.05, 0.1) is 16.1 Å². The van der Waals surface area contributed by atoms with Gasteiger partial charge in [-0.1, -0.05) is 37.3 Å². The first-order valence-electron chi connectivity index (χ1n) is 9.50. The molecule has 3 aromatic carbocycles. The van der Waals surface area contributed by atoms with Crippen molar-refractivity contribution >= 4 is 21.7 Å². The van der Waals surface area contributed by atoms with Crippen LogP contribution in [0.3, 0.4) is 0 Å². The number of sulfonamides is 1. The summed E-state index contributed by atoms with van der Waals surface area (Å²) in [5.74, 6) is -0.987. The maximum absolute atomic E-state index is 13.3. The van der Waals surface area contributed by atoms with Crippen molar-refractivity contribution in [3.63, 3.8) is 0 Å². The van der Waals surface area contributed by atoms with E-state index in [9.17, 15) is 23.4 Å². The highest BCUT2D eigenvalue weighted by atomic mass is 32.2. The monoisotopic (exact) mass is 425 g/mol. The molecule has 3 rings (SSSR count). The molecular formula is C23H23NO5S. The zero-order valence-electron chi connectivity index (χ0n) is 16.7. The van der Waals surface area contributed by atoms with Crippen molar-refractivity contribution in [2.24, 2.45) is 0 Å². The molecule has 0 aromatic heterocycles. The van der Waals surface area contributed by atoms with Gasteiger partial charge in [-0.25, -0.2) is 13.2 Å². The van der Waals surface area contributed by atoms with Gasteiger partial charge in [0.25, 0.3) is 10.0 Å². The summed E-state index contributed by atoms with van der Waals surface area (Å²) >= 11 is 0. The summed E-state index contributed by atoms with van der Waals surface area (Å²) in [4.78, 5) is 11.4. The van der Waals surface area contributed by atoms with Crippen molar-refractivity contribution in [1.82, 2.24) is 0 Å². The molecule has 0 atom stereocenters. The van der Waals surface area contributed by atoms with Gasteiger partial charge < -0.3 is 10.2 Å². The fraction of sp³-hybridized carbons (Fsp3) is 0.174. The number of hydrogen-bond acceptors (Lipinski definition) is 4. The van der Waals surface area contributed by atoms with E-state index in [1.807, 2.05) is 19.1 Å². The smallest absolute Gasteiger partial charge is 0.335 e. The summed E-state index contributed by atoms with van der Waals surface area (Å²) in [6.07, 6.45) is 0.594. The molecule has 0 aliphatic rings. The summed E-state index contributed by atoms with van der Waals surface area (Å²) in [5, 5.41) is 18.8. The Morgan fingerprint density at radius 1 is 0.933 bits per heavy atom. The molecule has 6 nitrogen and oxygen atoms in total. The third kappa shape index (κ3) is 4.31. The van der Waals surface area contributed by atoms with Crippen LogP contribution in [-0.2, 0) is 10.0 Å². The zero-order chi connectivity index (χ0) is 21.9. The molecule has 0 bridgehead atoms. The maximum Gasteiger partial charge on any atom is 0.335 e. The average molecular weight is 426 g/mol. The molecule has 0 saturated carbocycles.